The summed E-state index contributed by atoms with van der Waals surface area (Å²) in [6, 6.07) is 0. The fourth-order valence-electron chi connectivity index (χ4n) is 1.31. The van der Waals surface area contributed by atoms with Gasteiger partial charge in [0.1, 0.15) is 17.6 Å². The third-order valence-electron chi connectivity index (χ3n) is 1.97. The first-order valence-corrected chi connectivity index (χ1v) is 4.56. The SMILES string of the molecule is CC1N=C(c2noc(=O)[nH]2)C=C(C(F)(F)F)N1. The first-order chi connectivity index (χ1) is 7.86. The average molecular weight is 248 g/mol. The molecular formula is C8H7F3N4O2. The number of hydrogen-bond donors (Lipinski definition) is 2. The van der Waals surface area contributed by atoms with Gasteiger partial charge in [0, 0.05) is 0 Å². The fourth-order valence-corrected chi connectivity index (χ4v) is 1.31. The summed E-state index contributed by atoms with van der Waals surface area (Å²) >= 11 is 0. The summed E-state index contributed by atoms with van der Waals surface area (Å²) in [5, 5.41) is 5.44. The topological polar surface area (TPSA) is 83.3 Å². The number of H-pyrrole nitrogens is 1. The van der Waals surface area contributed by atoms with Gasteiger partial charge in [0.15, 0.2) is 0 Å². The van der Waals surface area contributed by atoms with Crippen molar-refractivity contribution in [2.24, 2.45) is 4.99 Å². The predicted molar refractivity (Wildman–Crippen MR) is 50.4 cm³/mol. The van der Waals surface area contributed by atoms with E-state index in [0.29, 0.717) is 0 Å². The van der Waals surface area contributed by atoms with Gasteiger partial charge in [-0.3, -0.25) is 14.5 Å². The number of alkyl halides is 3. The van der Waals surface area contributed by atoms with Crippen LogP contribution in [0.4, 0.5) is 13.2 Å². The molecule has 2 N–H and O–H groups in total. The number of nitrogens with zero attached hydrogens (tertiary/aromatic N) is 2. The molecule has 6 nitrogen and oxygen atoms in total. The summed E-state index contributed by atoms with van der Waals surface area (Å²) in [4.78, 5) is 16.7. The summed E-state index contributed by atoms with van der Waals surface area (Å²) in [6.07, 6.45) is -4.53. The maximum atomic E-state index is 12.5. The smallest absolute Gasteiger partial charge is 0.360 e. The Morgan fingerprint density at radius 2 is 2.18 bits per heavy atom. The number of nitrogens with one attached hydrogen (secondary N) is 2. The van der Waals surface area contributed by atoms with Gasteiger partial charge in [-0.2, -0.15) is 13.2 Å². The van der Waals surface area contributed by atoms with E-state index in [1.165, 1.54) is 6.92 Å². The molecule has 0 amide bonds. The van der Waals surface area contributed by atoms with Crippen molar-refractivity contribution < 1.29 is 17.7 Å². The van der Waals surface area contributed by atoms with E-state index >= 15 is 0 Å². The van der Waals surface area contributed by atoms with Gasteiger partial charge in [-0.05, 0) is 13.0 Å². The predicted octanol–water partition coefficient (Wildman–Crippen LogP) is 0.547. The van der Waals surface area contributed by atoms with Gasteiger partial charge < -0.3 is 5.32 Å². The number of aromatic amines is 1. The number of aliphatic imine (C=N–C) groups is 1. The Morgan fingerprint density at radius 3 is 2.71 bits per heavy atom. The van der Waals surface area contributed by atoms with Gasteiger partial charge in [-0.15, -0.1) is 0 Å². The van der Waals surface area contributed by atoms with Crippen LogP contribution in [-0.2, 0) is 0 Å². The lowest BCUT2D eigenvalue weighted by molar-refractivity contribution is -0.0977. The van der Waals surface area contributed by atoms with E-state index in [9.17, 15) is 18.0 Å². The first-order valence-electron chi connectivity index (χ1n) is 4.56. The molecule has 92 valence electrons. The Bertz CT molecular complexity index is 539. The van der Waals surface area contributed by atoms with E-state index in [1.54, 1.807) is 0 Å². The van der Waals surface area contributed by atoms with E-state index in [1.807, 2.05) is 0 Å². The molecule has 1 atom stereocenters. The van der Waals surface area contributed by atoms with Crippen molar-refractivity contribution in [3.05, 3.63) is 28.1 Å². The largest absolute Gasteiger partial charge is 0.439 e. The minimum absolute atomic E-state index is 0.0885. The lowest BCUT2D eigenvalue weighted by Crippen LogP contribution is -2.36. The molecule has 0 spiro atoms. The zero-order chi connectivity index (χ0) is 12.6. The zero-order valence-electron chi connectivity index (χ0n) is 8.50. The maximum absolute atomic E-state index is 12.5. The van der Waals surface area contributed by atoms with E-state index in [-0.39, 0.29) is 11.5 Å². The van der Waals surface area contributed by atoms with Crippen LogP contribution in [0.3, 0.4) is 0 Å². The highest BCUT2D eigenvalue weighted by Gasteiger charge is 2.36. The highest BCUT2D eigenvalue weighted by Crippen LogP contribution is 2.26. The molecule has 9 heteroatoms. The Balaban J connectivity index is 2.41. The highest BCUT2D eigenvalue weighted by molar-refractivity contribution is 6.06. The van der Waals surface area contributed by atoms with E-state index in [0.717, 1.165) is 6.08 Å². The molecule has 1 aliphatic heterocycles. The van der Waals surface area contributed by atoms with Crippen molar-refractivity contribution in [1.82, 2.24) is 15.5 Å². The summed E-state index contributed by atoms with van der Waals surface area (Å²) in [7, 11) is 0. The third kappa shape index (κ3) is 2.37. The highest BCUT2D eigenvalue weighted by atomic mass is 19.4. The van der Waals surface area contributed by atoms with Crippen LogP contribution in [0.1, 0.15) is 12.7 Å². The van der Waals surface area contributed by atoms with Crippen molar-refractivity contribution in [2.45, 2.75) is 19.3 Å². The Morgan fingerprint density at radius 1 is 1.47 bits per heavy atom. The average Bonchev–Trinajstić information content (AvgIpc) is 2.62. The molecule has 0 saturated carbocycles. The molecular weight excluding hydrogens is 241 g/mol. The fraction of sp³-hybridized carbons (Fsp3) is 0.375. The standard InChI is InChI=1S/C8H7F3N4O2/c1-3-12-4(6-14-7(16)17-15-6)2-5(13-3)8(9,10)11/h2-3,13H,1H3,(H,14,15,16). The maximum Gasteiger partial charge on any atom is 0.439 e. The van der Waals surface area contributed by atoms with Crippen LogP contribution in [0.25, 0.3) is 0 Å². The minimum Gasteiger partial charge on any atom is -0.360 e. The van der Waals surface area contributed by atoms with Crippen LogP contribution in [0, 0.1) is 0 Å². The molecule has 0 aliphatic carbocycles. The van der Waals surface area contributed by atoms with E-state index in [2.05, 4.69) is 25.0 Å². The van der Waals surface area contributed by atoms with Crippen molar-refractivity contribution >= 4 is 5.71 Å². The molecule has 2 rings (SSSR count). The molecule has 2 heterocycles. The minimum atomic E-state index is -4.51. The van der Waals surface area contributed by atoms with Gasteiger partial charge >= 0.3 is 11.9 Å². The van der Waals surface area contributed by atoms with Crippen molar-refractivity contribution in [2.75, 3.05) is 0 Å². The molecule has 0 fully saturated rings. The summed E-state index contributed by atoms with van der Waals surface area (Å²) in [5.41, 5.74) is -1.03. The number of aromatic nitrogens is 2. The zero-order valence-corrected chi connectivity index (χ0v) is 8.50. The number of hydrogen-bond acceptors (Lipinski definition) is 5. The molecule has 17 heavy (non-hydrogen) atoms. The van der Waals surface area contributed by atoms with Gasteiger partial charge in [0.2, 0.25) is 5.82 Å². The van der Waals surface area contributed by atoms with Crippen molar-refractivity contribution in [3.8, 4) is 0 Å². The summed E-state index contributed by atoms with van der Waals surface area (Å²) in [6.45, 7) is 1.44. The molecule has 1 unspecified atom stereocenters. The van der Waals surface area contributed by atoms with Crippen LogP contribution in [0.15, 0.2) is 26.1 Å². The van der Waals surface area contributed by atoms with Gasteiger partial charge in [-0.1, -0.05) is 5.16 Å². The van der Waals surface area contributed by atoms with Crippen LogP contribution in [0.5, 0.6) is 0 Å². The van der Waals surface area contributed by atoms with Crippen LogP contribution >= 0.6 is 0 Å². The second kappa shape index (κ2) is 3.75. The van der Waals surface area contributed by atoms with Gasteiger partial charge in [0.25, 0.3) is 0 Å². The molecule has 0 radical (unpaired) electrons. The molecule has 0 saturated heterocycles. The molecule has 1 aromatic rings. The van der Waals surface area contributed by atoms with Crippen LogP contribution < -0.4 is 11.1 Å². The summed E-state index contributed by atoms with van der Waals surface area (Å²) in [5.74, 6) is -0.985. The molecule has 0 bridgehead atoms. The third-order valence-corrected chi connectivity index (χ3v) is 1.97. The lowest BCUT2D eigenvalue weighted by Gasteiger charge is -2.21. The molecule has 0 aromatic carbocycles. The second-order valence-electron chi connectivity index (χ2n) is 3.33. The Hall–Kier alpha value is -2.06. The van der Waals surface area contributed by atoms with Crippen molar-refractivity contribution in [3.63, 3.8) is 0 Å². The Kier molecular flexibility index (Phi) is 2.52. The monoisotopic (exact) mass is 248 g/mol. The summed E-state index contributed by atoms with van der Waals surface area (Å²) < 4.78 is 41.7. The Labute approximate surface area is 92.2 Å². The van der Waals surface area contributed by atoms with Crippen LogP contribution in [0.2, 0.25) is 0 Å². The molecule has 1 aliphatic rings. The quantitative estimate of drug-likeness (QED) is 0.760. The number of allylic oxidation sites excluding steroid dienone is 2. The number of halogens is 3. The second-order valence-corrected chi connectivity index (χ2v) is 3.33. The first kappa shape index (κ1) is 11.4. The lowest BCUT2D eigenvalue weighted by atomic mass is 10.2. The van der Waals surface area contributed by atoms with E-state index < -0.39 is 23.8 Å². The van der Waals surface area contributed by atoms with E-state index in [4.69, 9.17) is 0 Å². The van der Waals surface area contributed by atoms with Gasteiger partial charge in [0.05, 0.1) is 0 Å². The van der Waals surface area contributed by atoms with Crippen molar-refractivity contribution in [1.29, 1.82) is 0 Å². The normalized spacial score (nSPS) is 20.6. The van der Waals surface area contributed by atoms with Crippen LogP contribution in [-0.4, -0.2) is 28.2 Å². The van der Waals surface area contributed by atoms with Gasteiger partial charge in [-0.25, -0.2) is 4.79 Å². The number of rotatable bonds is 1. The molecule has 1 aromatic heterocycles.